The third kappa shape index (κ3) is 2.86. The van der Waals surface area contributed by atoms with Crippen LogP contribution in [0.15, 0.2) is 0 Å². The van der Waals surface area contributed by atoms with E-state index in [1.165, 1.54) is 0 Å². The Morgan fingerprint density at radius 1 is 1.42 bits per heavy atom. The van der Waals surface area contributed by atoms with E-state index in [0.717, 1.165) is 4.57 Å². The van der Waals surface area contributed by atoms with Crippen molar-refractivity contribution < 1.29 is 13.2 Å². The molecular formula is C10H15F3N6. The molecule has 0 spiro atoms. The molecule has 106 valence electrons. The maximum atomic E-state index is 12.7. The van der Waals surface area contributed by atoms with Crippen LogP contribution in [0.4, 0.5) is 13.2 Å². The van der Waals surface area contributed by atoms with Crippen molar-refractivity contribution in [3.63, 3.8) is 0 Å². The number of alkyl halides is 3. The Morgan fingerprint density at radius 3 is 2.68 bits per heavy atom. The minimum atomic E-state index is -4.47. The average molecular weight is 276 g/mol. The number of rotatable bonds is 3. The third-order valence-corrected chi connectivity index (χ3v) is 3.17. The van der Waals surface area contributed by atoms with Crippen LogP contribution in [0.3, 0.4) is 0 Å². The lowest BCUT2D eigenvalue weighted by atomic mass is 10.1. The number of nitrogens with two attached hydrogens (primary N) is 1. The highest BCUT2D eigenvalue weighted by Crippen LogP contribution is 2.29. The van der Waals surface area contributed by atoms with Gasteiger partial charge in [-0.25, -0.2) is 0 Å². The van der Waals surface area contributed by atoms with Crippen LogP contribution in [-0.4, -0.2) is 38.1 Å². The van der Waals surface area contributed by atoms with Gasteiger partial charge in [0.05, 0.1) is 12.4 Å². The van der Waals surface area contributed by atoms with Gasteiger partial charge in [-0.2, -0.15) is 13.2 Å². The molecule has 1 unspecified atom stereocenters. The lowest BCUT2D eigenvalue weighted by Crippen LogP contribution is -2.42. The summed E-state index contributed by atoms with van der Waals surface area (Å²) in [6.07, 6.45) is -4.08. The van der Waals surface area contributed by atoms with Crippen molar-refractivity contribution in [1.82, 2.24) is 19.7 Å². The van der Waals surface area contributed by atoms with Gasteiger partial charge in [-0.3, -0.25) is 10.3 Å². The van der Waals surface area contributed by atoms with Crippen LogP contribution in [0.25, 0.3) is 0 Å². The van der Waals surface area contributed by atoms with E-state index in [1.54, 1.807) is 0 Å². The summed E-state index contributed by atoms with van der Waals surface area (Å²) in [5.74, 6) is -0.578. The van der Waals surface area contributed by atoms with Gasteiger partial charge in [0.15, 0.2) is 0 Å². The Bertz CT molecular complexity index is 480. The largest absolute Gasteiger partial charge is 0.451 e. The number of halogens is 3. The minimum Gasteiger partial charge on any atom is -0.388 e. The highest BCUT2D eigenvalue weighted by molar-refractivity contribution is 5.77. The number of nitrogens with one attached hydrogen (secondary N) is 1. The second-order valence-electron chi connectivity index (χ2n) is 4.64. The van der Waals surface area contributed by atoms with Gasteiger partial charge in [0.2, 0.25) is 5.82 Å². The first-order chi connectivity index (χ1) is 8.79. The second-order valence-corrected chi connectivity index (χ2v) is 4.64. The first-order valence-corrected chi connectivity index (χ1v) is 5.85. The maximum absolute atomic E-state index is 12.7. The van der Waals surface area contributed by atoms with Crippen LogP contribution >= 0.6 is 0 Å². The van der Waals surface area contributed by atoms with E-state index < -0.39 is 12.0 Å². The quantitative estimate of drug-likeness (QED) is 0.632. The first kappa shape index (κ1) is 13.8. The molecule has 0 aliphatic carbocycles. The molecule has 6 nitrogen and oxygen atoms in total. The van der Waals surface area contributed by atoms with Gasteiger partial charge < -0.3 is 10.3 Å². The summed E-state index contributed by atoms with van der Waals surface area (Å²) in [7, 11) is 0. The van der Waals surface area contributed by atoms with E-state index in [9.17, 15) is 13.2 Å². The Labute approximate surface area is 107 Å². The zero-order valence-electron chi connectivity index (χ0n) is 10.4. The molecule has 1 atom stereocenters. The van der Waals surface area contributed by atoms with E-state index in [0.29, 0.717) is 18.8 Å². The molecule has 1 aromatic rings. The summed E-state index contributed by atoms with van der Waals surface area (Å²) < 4.78 is 39.1. The van der Waals surface area contributed by atoms with Gasteiger partial charge in [0.1, 0.15) is 5.82 Å². The monoisotopic (exact) mass is 276 g/mol. The number of hydrogen-bond acceptors (Lipinski definition) is 4. The molecule has 1 aromatic heterocycles. The number of aromatic nitrogens is 3. The second kappa shape index (κ2) is 4.80. The van der Waals surface area contributed by atoms with Gasteiger partial charge in [0, 0.05) is 25.6 Å². The fourth-order valence-corrected chi connectivity index (χ4v) is 2.21. The van der Waals surface area contributed by atoms with Crippen molar-refractivity contribution in [1.29, 1.82) is 5.41 Å². The highest BCUT2D eigenvalue weighted by atomic mass is 19.4. The summed E-state index contributed by atoms with van der Waals surface area (Å²) in [5, 5.41) is 14.1. The van der Waals surface area contributed by atoms with Crippen molar-refractivity contribution in [2.45, 2.75) is 38.7 Å². The SMILES string of the molecule is CC(CC(=N)N)N1CCn2c(nnc2C(F)(F)F)C1. The van der Waals surface area contributed by atoms with Crippen LogP contribution in [-0.2, 0) is 19.3 Å². The molecule has 0 amide bonds. The highest BCUT2D eigenvalue weighted by Gasteiger charge is 2.39. The van der Waals surface area contributed by atoms with E-state index in [-0.39, 0.29) is 25.0 Å². The number of hydrogen-bond donors (Lipinski definition) is 2. The number of nitrogens with zero attached hydrogens (tertiary/aromatic N) is 4. The fourth-order valence-electron chi connectivity index (χ4n) is 2.21. The van der Waals surface area contributed by atoms with Crippen LogP contribution in [0.2, 0.25) is 0 Å². The standard InChI is InChI=1S/C10H15F3N6/c1-6(4-7(14)15)18-2-3-19-8(5-18)16-17-9(19)10(11,12)13/h6H,2-5H2,1H3,(H3,14,15). The predicted molar refractivity (Wildman–Crippen MR) is 61.4 cm³/mol. The Kier molecular flexibility index (Phi) is 3.48. The molecule has 9 heteroatoms. The van der Waals surface area contributed by atoms with E-state index >= 15 is 0 Å². The van der Waals surface area contributed by atoms with Gasteiger partial charge in [-0.1, -0.05) is 0 Å². The molecule has 19 heavy (non-hydrogen) atoms. The van der Waals surface area contributed by atoms with Crippen molar-refractivity contribution in [2.24, 2.45) is 5.73 Å². The van der Waals surface area contributed by atoms with Crippen molar-refractivity contribution in [3.05, 3.63) is 11.6 Å². The predicted octanol–water partition coefficient (Wildman–Crippen LogP) is 0.827. The summed E-state index contributed by atoms with van der Waals surface area (Å²) in [5.41, 5.74) is 5.33. The number of fused-ring (bicyclic) bond motifs is 1. The molecule has 2 heterocycles. The van der Waals surface area contributed by atoms with Gasteiger partial charge in [-0.05, 0) is 6.92 Å². The Balaban J connectivity index is 2.13. The van der Waals surface area contributed by atoms with Crippen molar-refractivity contribution in [2.75, 3.05) is 6.54 Å². The van der Waals surface area contributed by atoms with Crippen LogP contribution in [0.5, 0.6) is 0 Å². The van der Waals surface area contributed by atoms with Crippen LogP contribution < -0.4 is 5.73 Å². The van der Waals surface area contributed by atoms with Gasteiger partial charge >= 0.3 is 6.18 Å². The smallest absolute Gasteiger partial charge is 0.388 e. The summed E-state index contributed by atoms with van der Waals surface area (Å²) in [4.78, 5) is 1.95. The minimum absolute atomic E-state index is 0.00251. The molecule has 0 saturated heterocycles. The number of amidine groups is 1. The van der Waals surface area contributed by atoms with E-state index in [2.05, 4.69) is 10.2 Å². The molecule has 1 aliphatic heterocycles. The third-order valence-electron chi connectivity index (χ3n) is 3.17. The molecule has 0 aromatic carbocycles. The molecule has 0 fully saturated rings. The van der Waals surface area contributed by atoms with Crippen molar-refractivity contribution >= 4 is 5.84 Å². The molecule has 0 radical (unpaired) electrons. The van der Waals surface area contributed by atoms with Gasteiger partial charge in [0.25, 0.3) is 0 Å². The Morgan fingerprint density at radius 2 is 2.11 bits per heavy atom. The van der Waals surface area contributed by atoms with Crippen LogP contribution in [0.1, 0.15) is 25.0 Å². The molecule has 2 rings (SSSR count). The topological polar surface area (TPSA) is 83.8 Å². The van der Waals surface area contributed by atoms with E-state index in [4.69, 9.17) is 11.1 Å². The summed E-state index contributed by atoms with van der Waals surface area (Å²) in [6, 6.07) is -0.00251. The first-order valence-electron chi connectivity index (χ1n) is 5.85. The normalized spacial score (nSPS) is 18.1. The molecule has 0 bridgehead atoms. The summed E-state index contributed by atoms with van der Waals surface area (Å²) >= 11 is 0. The summed E-state index contributed by atoms with van der Waals surface area (Å²) in [6.45, 7) is 2.83. The maximum Gasteiger partial charge on any atom is 0.451 e. The fraction of sp³-hybridized carbons (Fsp3) is 0.700. The lowest BCUT2D eigenvalue weighted by Gasteiger charge is -2.32. The zero-order chi connectivity index (χ0) is 14.2. The molecule has 0 saturated carbocycles. The molecule has 1 aliphatic rings. The van der Waals surface area contributed by atoms with E-state index in [1.807, 2.05) is 11.8 Å². The average Bonchev–Trinajstić information content (AvgIpc) is 2.69. The zero-order valence-corrected chi connectivity index (χ0v) is 10.4. The van der Waals surface area contributed by atoms with Crippen LogP contribution in [0, 0.1) is 5.41 Å². The Hall–Kier alpha value is -1.64. The molecular weight excluding hydrogens is 261 g/mol. The lowest BCUT2D eigenvalue weighted by molar-refractivity contribution is -0.148. The molecule has 3 N–H and O–H groups in total. The van der Waals surface area contributed by atoms with Crippen molar-refractivity contribution in [3.8, 4) is 0 Å². The van der Waals surface area contributed by atoms with Gasteiger partial charge in [-0.15, -0.1) is 10.2 Å².